The Labute approximate surface area is 155 Å². The Kier molecular flexibility index (Phi) is 4.78. The van der Waals surface area contributed by atoms with Crippen molar-refractivity contribution in [2.75, 3.05) is 5.32 Å². The number of rotatable bonds is 3. The second kappa shape index (κ2) is 6.88. The second-order valence-electron chi connectivity index (χ2n) is 6.80. The topological polar surface area (TPSA) is 68.0 Å². The minimum absolute atomic E-state index is 0.0371. The van der Waals surface area contributed by atoms with Gasteiger partial charge in [-0.3, -0.25) is 4.79 Å². The molecule has 1 amide bonds. The van der Waals surface area contributed by atoms with Gasteiger partial charge in [-0.05, 0) is 30.3 Å². The van der Waals surface area contributed by atoms with Crippen molar-refractivity contribution in [3.63, 3.8) is 0 Å². The summed E-state index contributed by atoms with van der Waals surface area (Å²) >= 11 is 5.73. The van der Waals surface area contributed by atoms with Crippen LogP contribution in [0.5, 0.6) is 0 Å². The Bertz CT molecular complexity index is 963. The molecule has 0 fully saturated rings. The fraction of sp³-hybridized carbons (Fsp3) is 0.211. The third kappa shape index (κ3) is 3.75. The first kappa shape index (κ1) is 18.1. The van der Waals surface area contributed by atoms with Crippen molar-refractivity contribution in [1.29, 1.82) is 0 Å². The summed E-state index contributed by atoms with van der Waals surface area (Å²) in [6.07, 6.45) is 0. The maximum absolute atomic E-state index is 13.9. The molecular formula is C19H17ClFN3O2. The highest BCUT2D eigenvalue weighted by atomic mass is 35.5. The number of carbonyl (C=O) groups is 1. The van der Waals surface area contributed by atoms with Crippen LogP contribution in [0, 0.1) is 5.82 Å². The van der Waals surface area contributed by atoms with Crippen LogP contribution < -0.4 is 5.32 Å². The number of hydrogen-bond acceptors (Lipinski definition) is 4. The Morgan fingerprint density at radius 1 is 1.19 bits per heavy atom. The smallest absolute Gasteiger partial charge is 0.258 e. The summed E-state index contributed by atoms with van der Waals surface area (Å²) < 4.78 is 19.3. The average Bonchev–Trinajstić information content (AvgIpc) is 3.07. The highest BCUT2D eigenvalue weighted by molar-refractivity contribution is 6.30. The molecule has 26 heavy (non-hydrogen) atoms. The molecule has 1 N–H and O–H groups in total. The molecule has 0 radical (unpaired) electrons. The van der Waals surface area contributed by atoms with Crippen molar-refractivity contribution in [3.8, 4) is 11.5 Å². The monoisotopic (exact) mass is 373 g/mol. The second-order valence-corrected chi connectivity index (χ2v) is 7.23. The van der Waals surface area contributed by atoms with Crippen molar-refractivity contribution in [2.24, 2.45) is 0 Å². The van der Waals surface area contributed by atoms with Crippen LogP contribution in [-0.4, -0.2) is 16.0 Å². The van der Waals surface area contributed by atoms with Gasteiger partial charge in [0.05, 0.1) is 16.8 Å². The van der Waals surface area contributed by atoms with E-state index in [0.29, 0.717) is 17.0 Å². The first-order chi connectivity index (χ1) is 12.3. The molecule has 7 heteroatoms. The maximum atomic E-state index is 13.9. The van der Waals surface area contributed by atoms with Crippen LogP contribution in [0.2, 0.25) is 5.02 Å². The quantitative estimate of drug-likeness (QED) is 0.695. The number of amides is 1. The summed E-state index contributed by atoms with van der Waals surface area (Å²) in [5.74, 6) is -0.336. The van der Waals surface area contributed by atoms with Crippen molar-refractivity contribution < 1.29 is 13.7 Å². The van der Waals surface area contributed by atoms with Gasteiger partial charge in [0, 0.05) is 10.4 Å². The number of nitrogens with zero attached hydrogens (tertiary/aromatic N) is 2. The maximum Gasteiger partial charge on any atom is 0.258 e. The lowest BCUT2D eigenvalue weighted by molar-refractivity contribution is 0.102. The van der Waals surface area contributed by atoms with E-state index >= 15 is 0 Å². The van der Waals surface area contributed by atoms with Crippen LogP contribution >= 0.6 is 11.6 Å². The third-order valence-corrected chi connectivity index (χ3v) is 3.91. The number of aromatic nitrogens is 2. The fourth-order valence-electron chi connectivity index (χ4n) is 2.29. The molecule has 0 aliphatic carbocycles. The van der Waals surface area contributed by atoms with Crippen molar-refractivity contribution >= 4 is 23.2 Å². The average molecular weight is 374 g/mol. The largest absolute Gasteiger partial charge is 0.334 e. The summed E-state index contributed by atoms with van der Waals surface area (Å²) in [5.41, 5.74) is 0.522. The van der Waals surface area contributed by atoms with Gasteiger partial charge >= 0.3 is 0 Å². The summed E-state index contributed by atoms with van der Waals surface area (Å²) in [4.78, 5) is 17.0. The van der Waals surface area contributed by atoms with Crippen molar-refractivity contribution in [1.82, 2.24) is 10.1 Å². The van der Waals surface area contributed by atoms with Crippen LogP contribution in [0.4, 0.5) is 10.1 Å². The van der Waals surface area contributed by atoms with E-state index in [-0.39, 0.29) is 22.0 Å². The number of benzene rings is 2. The van der Waals surface area contributed by atoms with Crippen molar-refractivity contribution in [3.05, 3.63) is 64.7 Å². The SMILES string of the molecule is CC(C)(C)c1noc(-c2ccccc2C(=O)Nc2ccc(Cl)cc2F)n1. The minimum atomic E-state index is -0.615. The molecule has 0 saturated carbocycles. The molecule has 2 aromatic carbocycles. The van der Waals surface area contributed by atoms with E-state index < -0.39 is 11.7 Å². The fourth-order valence-corrected chi connectivity index (χ4v) is 2.44. The summed E-state index contributed by atoms with van der Waals surface area (Å²) in [6, 6.07) is 10.8. The van der Waals surface area contributed by atoms with E-state index in [4.69, 9.17) is 16.1 Å². The van der Waals surface area contributed by atoms with E-state index in [9.17, 15) is 9.18 Å². The Morgan fingerprint density at radius 3 is 2.58 bits per heavy atom. The van der Waals surface area contributed by atoms with Gasteiger partial charge in [-0.25, -0.2) is 4.39 Å². The molecule has 3 rings (SSSR count). The molecule has 0 aliphatic heterocycles. The van der Waals surface area contributed by atoms with E-state index in [0.717, 1.165) is 6.07 Å². The molecule has 1 aromatic heterocycles. The zero-order chi connectivity index (χ0) is 18.9. The van der Waals surface area contributed by atoms with Gasteiger partial charge < -0.3 is 9.84 Å². The molecule has 0 saturated heterocycles. The molecule has 5 nitrogen and oxygen atoms in total. The predicted octanol–water partition coefficient (Wildman–Crippen LogP) is 5.08. The lowest BCUT2D eigenvalue weighted by atomic mass is 9.96. The lowest BCUT2D eigenvalue weighted by Gasteiger charge is -2.11. The molecule has 0 unspecified atom stereocenters. The van der Waals surface area contributed by atoms with Gasteiger partial charge in [0.25, 0.3) is 11.8 Å². The van der Waals surface area contributed by atoms with Crippen LogP contribution in [-0.2, 0) is 5.41 Å². The van der Waals surface area contributed by atoms with Gasteiger partial charge in [0.15, 0.2) is 5.82 Å². The van der Waals surface area contributed by atoms with Gasteiger partial charge in [0.1, 0.15) is 5.82 Å². The van der Waals surface area contributed by atoms with E-state index in [1.807, 2.05) is 20.8 Å². The minimum Gasteiger partial charge on any atom is -0.334 e. The van der Waals surface area contributed by atoms with Gasteiger partial charge in [0.2, 0.25) is 0 Å². The highest BCUT2D eigenvalue weighted by Crippen LogP contribution is 2.27. The molecule has 3 aromatic rings. The third-order valence-electron chi connectivity index (χ3n) is 3.68. The molecule has 0 spiro atoms. The summed E-state index contributed by atoms with van der Waals surface area (Å²) in [6.45, 7) is 5.89. The number of nitrogens with one attached hydrogen (secondary N) is 1. The number of halogens is 2. The lowest BCUT2D eigenvalue weighted by Crippen LogP contribution is -2.14. The normalized spacial score (nSPS) is 11.4. The van der Waals surface area contributed by atoms with Crippen molar-refractivity contribution in [2.45, 2.75) is 26.2 Å². The number of hydrogen-bond donors (Lipinski definition) is 1. The first-order valence-corrected chi connectivity index (χ1v) is 8.33. The van der Waals surface area contributed by atoms with Crippen LogP contribution in [0.15, 0.2) is 47.0 Å². The van der Waals surface area contributed by atoms with Gasteiger partial charge in [-0.1, -0.05) is 49.7 Å². The molecule has 0 aliphatic rings. The zero-order valence-electron chi connectivity index (χ0n) is 14.5. The van der Waals surface area contributed by atoms with E-state index in [1.54, 1.807) is 24.3 Å². The van der Waals surface area contributed by atoms with Gasteiger partial charge in [-0.2, -0.15) is 4.98 Å². The van der Waals surface area contributed by atoms with E-state index in [1.165, 1.54) is 12.1 Å². The first-order valence-electron chi connectivity index (χ1n) is 7.95. The Balaban J connectivity index is 1.94. The van der Waals surface area contributed by atoms with E-state index in [2.05, 4.69) is 15.5 Å². The molecular weight excluding hydrogens is 357 g/mol. The van der Waals surface area contributed by atoms with Crippen LogP contribution in [0.1, 0.15) is 37.0 Å². The number of carbonyl (C=O) groups excluding carboxylic acids is 1. The zero-order valence-corrected chi connectivity index (χ0v) is 15.3. The Hall–Kier alpha value is -2.73. The highest BCUT2D eigenvalue weighted by Gasteiger charge is 2.24. The Morgan fingerprint density at radius 2 is 1.92 bits per heavy atom. The predicted molar refractivity (Wildman–Crippen MR) is 97.8 cm³/mol. The van der Waals surface area contributed by atoms with Gasteiger partial charge in [-0.15, -0.1) is 0 Å². The summed E-state index contributed by atoms with van der Waals surface area (Å²) in [5, 5.41) is 6.77. The molecule has 134 valence electrons. The van der Waals surface area contributed by atoms with Crippen LogP contribution in [0.25, 0.3) is 11.5 Å². The van der Waals surface area contributed by atoms with Crippen LogP contribution in [0.3, 0.4) is 0 Å². The number of anilines is 1. The standard InChI is InChI=1S/C19H17ClFN3O2/c1-19(2,3)18-23-17(26-24-18)13-7-5-4-6-12(13)16(25)22-15-9-8-11(20)10-14(15)21/h4-10H,1-3H3,(H,22,25). The molecule has 0 bridgehead atoms. The summed E-state index contributed by atoms with van der Waals surface area (Å²) in [7, 11) is 0. The molecule has 0 atom stereocenters. The molecule has 1 heterocycles.